The zero-order chi connectivity index (χ0) is 23.5. The quantitative estimate of drug-likeness (QED) is 0.181. The van der Waals surface area contributed by atoms with E-state index in [1.807, 2.05) is 24.3 Å². The second-order valence-electron chi connectivity index (χ2n) is 6.95. The molecule has 0 saturated heterocycles. The maximum absolute atomic E-state index is 13.5. The number of hydrazine groups is 1. The van der Waals surface area contributed by atoms with Crippen LogP contribution in [0.25, 0.3) is 11.1 Å². The standard InChI is InChI=1S/C23H26FN3O5/c1-2-32-22(30)14-19(26-23(31)20(27-25)10-11-21(28)29)12-15-6-8-16(9-7-15)17-4-3-5-18(24)13-17/h3-10,13,19,27H,2,11-12,14,25H2,1H3,(H,26,31)(H,28,29)/b20-10-/t19-/m1/s1. The molecule has 9 heteroatoms. The van der Waals surface area contributed by atoms with Crippen LogP contribution in [0.15, 0.2) is 60.3 Å². The zero-order valence-corrected chi connectivity index (χ0v) is 17.6. The van der Waals surface area contributed by atoms with Gasteiger partial charge in [0.05, 0.1) is 19.4 Å². The maximum Gasteiger partial charge on any atom is 0.307 e. The van der Waals surface area contributed by atoms with Crippen LogP contribution in [-0.2, 0) is 25.5 Å². The van der Waals surface area contributed by atoms with Crippen LogP contribution in [-0.4, -0.2) is 35.6 Å². The van der Waals surface area contributed by atoms with Crippen molar-refractivity contribution in [3.05, 3.63) is 71.7 Å². The summed E-state index contributed by atoms with van der Waals surface area (Å²) in [5.74, 6) is 2.76. The molecule has 0 aliphatic carbocycles. The topological polar surface area (TPSA) is 131 Å². The summed E-state index contributed by atoms with van der Waals surface area (Å²) in [7, 11) is 0. The average molecular weight is 443 g/mol. The number of ether oxygens (including phenoxy) is 1. The molecule has 170 valence electrons. The van der Waals surface area contributed by atoms with Gasteiger partial charge >= 0.3 is 11.9 Å². The van der Waals surface area contributed by atoms with Crippen molar-refractivity contribution in [2.75, 3.05) is 6.61 Å². The predicted octanol–water partition coefficient (Wildman–Crippen LogP) is 2.30. The second kappa shape index (κ2) is 12.2. The Morgan fingerprint density at radius 3 is 2.47 bits per heavy atom. The highest BCUT2D eigenvalue weighted by Gasteiger charge is 2.20. The Kier molecular flexibility index (Phi) is 9.37. The van der Waals surface area contributed by atoms with Gasteiger partial charge in [-0.3, -0.25) is 20.2 Å². The van der Waals surface area contributed by atoms with Crippen LogP contribution in [0.4, 0.5) is 4.39 Å². The highest BCUT2D eigenvalue weighted by molar-refractivity contribution is 5.93. The fourth-order valence-electron chi connectivity index (χ4n) is 3.05. The van der Waals surface area contributed by atoms with Gasteiger partial charge in [0.25, 0.3) is 5.91 Å². The molecule has 0 unspecified atom stereocenters. The summed E-state index contributed by atoms with van der Waals surface area (Å²) < 4.78 is 18.5. The van der Waals surface area contributed by atoms with Gasteiger partial charge in [0, 0.05) is 6.04 Å². The number of benzene rings is 2. The van der Waals surface area contributed by atoms with Crippen molar-refractivity contribution in [1.29, 1.82) is 0 Å². The van der Waals surface area contributed by atoms with Crippen molar-refractivity contribution in [2.24, 2.45) is 5.84 Å². The first-order valence-corrected chi connectivity index (χ1v) is 10.0. The molecule has 0 aliphatic rings. The molecule has 0 fully saturated rings. The van der Waals surface area contributed by atoms with Gasteiger partial charge in [-0.15, -0.1) is 0 Å². The number of carboxylic acids is 1. The summed E-state index contributed by atoms with van der Waals surface area (Å²) in [5.41, 5.74) is 4.44. The number of carboxylic acid groups (broad SMARTS) is 1. The number of aliphatic carboxylic acids is 1. The first-order chi connectivity index (χ1) is 15.3. The molecule has 0 saturated carbocycles. The van der Waals surface area contributed by atoms with Gasteiger partial charge in [-0.05, 0) is 48.2 Å². The third-order valence-corrected chi connectivity index (χ3v) is 4.53. The molecule has 2 aromatic rings. The molecule has 32 heavy (non-hydrogen) atoms. The molecule has 0 aromatic heterocycles. The fraction of sp³-hybridized carbons (Fsp3) is 0.261. The predicted molar refractivity (Wildman–Crippen MR) is 116 cm³/mol. The first kappa shape index (κ1) is 24.5. The Morgan fingerprint density at radius 1 is 1.16 bits per heavy atom. The first-order valence-electron chi connectivity index (χ1n) is 10.0. The number of hydrogen-bond acceptors (Lipinski definition) is 6. The van der Waals surface area contributed by atoms with Crippen LogP contribution in [0.1, 0.15) is 25.3 Å². The monoisotopic (exact) mass is 443 g/mol. The molecule has 2 aromatic carbocycles. The number of hydrogen-bond donors (Lipinski definition) is 4. The van der Waals surface area contributed by atoms with Crippen molar-refractivity contribution in [3.63, 3.8) is 0 Å². The Morgan fingerprint density at radius 2 is 1.88 bits per heavy atom. The smallest absolute Gasteiger partial charge is 0.307 e. The molecule has 5 N–H and O–H groups in total. The van der Waals surface area contributed by atoms with E-state index in [-0.39, 0.29) is 24.5 Å². The maximum atomic E-state index is 13.5. The third kappa shape index (κ3) is 7.84. The van der Waals surface area contributed by atoms with E-state index in [1.54, 1.807) is 19.1 Å². The van der Waals surface area contributed by atoms with Crippen molar-refractivity contribution >= 4 is 17.8 Å². The molecule has 0 bridgehead atoms. The van der Waals surface area contributed by atoms with E-state index < -0.39 is 30.3 Å². The van der Waals surface area contributed by atoms with Gasteiger partial charge in [0.15, 0.2) is 0 Å². The highest BCUT2D eigenvalue weighted by Crippen LogP contribution is 2.21. The van der Waals surface area contributed by atoms with Crippen LogP contribution in [0, 0.1) is 5.82 Å². The van der Waals surface area contributed by atoms with E-state index in [1.165, 1.54) is 12.1 Å². The summed E-state index contributed by atoms with van der Waals surface area (Å²) in [6.45, 7) is 1.89. The number of esters is 1. The average Bonchev–Trinajstić information content (AvgIpc) is 2.74. The largest absolute Gasteiger partial charge is 0.481 e. The summed E-state index contributed by atoms with van der Waals surface area (Å²) in [5, 5.41) is 11.5. The van der Waals surface area contributed by atoms with Crippen LogP contribution in [0.3, 0.4) is 0 Å². The van der Waals surface area contributed by atoms with Crippen molar-refractivity contribution in [2.45, 2.75) is 32.2 Å². The van der Waals surface area contributed by atoms with Gasteiger partial charge < -0.3 is 20.6 Å². The lowest BCUT2D eigenvalue weighted by molar-refractivity contribution is -0.143. The van der Waals surface area contributed by atoms with Crippen molar-refractivity contribution in [1.82, 2.24) is 10.7 Å². The van der Waals surface area contributed by atoms with E-state index in [0.29, 0.717) is 6.42 Å². The molecule has 8 nitrogen and oxygen atoms in total. The number of amides is 1. The second-order valence-corrected chi connectivity index (χ2v) is 6.95. The van der Waals surface area contributed by atoms with E-state index >= 15 is 0 Å². The fourth-order valence-corrected chi connectivity index (χ4v) is 3.05. The lowest BCUT2D eigenvalue weighted by atomic mass is 9.99. The van der Waals surface area contributed by atoms with Crippen LogP contribution < -0.4 is 16.6 Å². The van der Waals surface area contributed by atoms with Gasteiger partial charge in [-0.2, -0.15) is 0 Å². The Hall–Kier alpha value is -3.72. The minimum Gasteiger partial charge on any atom is -0.481 e. The van der Waals surface area contributed by atoms with Gasteiger partial charge in [-0.1, -0.05) is 36.4 Å². The van der Waals surface area contributed by atoms with E-state index in [4.69, 9.17) is 15.7 Å². The number of carbonyl (C=O) groups is 3. The number of nitrogens with two attached hydrogens (primary N) is 1. The normalized spacial score (nSPS) is 12.0. The number of halogens is 1. The number of rotatable bonds is 11. The molecular weight excluding hydrogens is 417 g/mol. The molecule has 0 aliphatic heterocycles. The SMILES string of the molecule is CCOC(=O)C[C@@H](Cc1ccc(-c2cccc(F)c2)cc1)NC(=O)/C(=C/CC(=O)O)NN. The molecule has 0 radical (unpaired) electrons. The molecule has 2 rings (SSSR count). The summed E-state index contributed by atoms with van der Waals surface area (Å²) in [4.78, 5) is 35.2. The Balaban J connectivity index is 2.15. The molecule has 0 heterocycles. The van der Waals surface area contributed by atoms with E-state index in [2.05, 4.69) is 10.7 Å². The Labute approximate surface area is 185 Å². The van der Waals surface area contributed by atoms with Crippen molar-refractivity contribution in [3.8, 4) is 11.1 Å². The Bertz CT molecular complexity index is 976. The van der Waals surface area contributed by atoms with E-state index in [0.717, 1.165) is 22.8 Å². The molecule has 1 amide bonds. The lowest BCUT2D eigenvalue weighted by Crippen LogP contribution is -2.43. The summed E-state index contributed by atoms with van der Waals surface area (Å²) in [6, 6.07) is 12.9. The molecular formula is C23H26FN3O5. The molecule has 0 spiro atoms. The van der Waals surface area contributed by atoms with E-state index in [9.17, 15) is 18.8 Å². The molecule has 1 atom stereocenters. The highest BCUT2D eigenvalue weighted by atomic mass is 19.1. The number of nitrogens with one attached hydrogen (secondary N) is 2. The third-order valence-electron chi connectivity index (χ3n) is 4.53. The number of carbonyl (C=O) groups excluding carboxylic acids is 2. The van der Waals surface area contributed by atoms with Crippen molar-refractivity contribution < 1.29 is 28.6 Å². The lowest BCUT2D eigenvalue weighted by Gasteiger charge is -2.19. The van der Waals surface area contributed by atoms with Crippen LogP contribution in [0.2, 0.25) is 0 Å². The zero-order valence-electron chi connectivity index (χ0n) is 17.6. The van der Waals surface area contributed by atoms with Crippen LogP contribution >= 0.6 is 0 Å². The van der Waals surface area contributed by atoms with Gasteiger partial charge in [0.2, 0.25) is 0 Å². The van der Waals surface area contributed by atoms with Crippen LogP contribution in [0.5, 0.6) is 0 Å². The minimum absolute atomic E-state index is 0.0813. The summed E-state index contributed by atoms with van der Waals surface area (Å²) in [6.07, 6.45) is 0.983. The van der Waals surface area contributed by atoms with Gasteiger partial charge in [0.1, 0.15) is 11.5 Å². The van der Waals surface area contributed by atoms with Gasteiger partial charge in [-0.25, -0.2) is 4.39 Å². The summed E-state index contributed by atoms with van der Waals surface area (Å²) >= 11 is 0. The minimum atomic E-state index is -1.12.